The molecule has 0 saturated heterocycles. The van der Waals surface area contributed by atoms with Gasteiger partial charge in [0.25, 0.3) is 11.8 Å². The van der Waals surface area contributed by atoms with Crippen molar-refractivity contribution in [2.24, 2.45) is 0 Å². The van der Waals surface area contributed by atoms with Gasteiger partial charge < -0.3 is 5.32 Å². The summed E-state index contributed by atoms with van der Waals surface area (Å²) in [4.78, 5) is 36.3. The lowest BCUT2D eigenvalue weighted by atomic mass is 10.2. The summed E-state index contributed by atoms with van der Waals surface area (Å²) in [5, 5.41) is 3.42. The summed E-state index contributed by atoms with van der Waals surface area (Å²) in [5.74, 6) is -1.92. The second-order valence-corrected chi connectivity index (χ2v) is 8.05. The van der Waals surface area contributed by atoms with Crippen molar-refractivity contribution in [3.05, 3.63) is 88.0 Å². The average Bonchev–Trinajstić information content (AvgIpc) is 2.93. The van der Waals surface area contributed by atoms with Gasteiger partial charge in [-0.05, 0) is 62.4 Å². The van der Waals surface area contributed by atoms with Crippen molar-refractivity contribution >= 4 is 35.0 Å². The Morgan fingerprint density at radius 1 is 0.903 bits per heavy atom. The van der Waals surface area contributed by atoms with Crippen molar-refractivity contribution in [1.29, 1.82) is 0 Å². The smallest absolute Gasteiger partial charge is 0.283 e. The highest BCUT2D eigenvalue weighted by Gasteiger charge is 2.41. The number of benzene rings is 2. The van der Waals surface area contributed by atoms with E-state index < -0.39 is 17.6 Å². The van der Waals surface area contributed by atoms with E-state index in [9.17, 15) is 14.0 Å². The van der Waals surface area contributed by atoms with Crippen LogP contribution in [0.1, 0.15) is 17.0 Å². The highest BCUT2D eigenvalue weighted by Crippen LogP contribution is 2.37. The summed E-state index contributed by atoms with van der Waals surface area (Å²) in [6.07, 6.45) is 0. The number of nitrogens with one attached hydrogen (secondary N) is 1. The van der Waals surface area contributed by atoms with Crippen molar-refractivity contribution in [3.8, 4) is 0 Å². The molecule has 31 heavy (non-hydrogen) atoms. The van der Waals surface area contributed by atoms with Gasteiger partial charge in [0.1, 0.15) is 16.4 Å². The minimum absolute atomic E-state index is 0.0651. The van der Waals surface area contributed by atoms with Crippen LogP contribution in [0.25, 0.3) is 0 Å². The lowest BCUT2D eigenvalue weighted by molar-refractivity contribution is -0.120. The summed E-state index contributed by atoms with van der Waals surface area (Å²) in [6, 6.07) is 14.9. The van der Waals surface area contributed by atoms with E-state index in [1.807, 2.05) is 45.0 Å². The lowest BCUT2D eigenvalue weighted by Gasteiger charge is -2.16. The van der Waals surface area contributed by atoms with Crippen LogP contribution in [0.15, 0.2) is 70.4 Å². The second kappa shape index (κ2) is 8.31. The highest BCUT2D eigenvalue weighted by atomic mass is 32.2. The second-order valence-electron chi connectivity index (χ2n) is 7.08. The molecule has 1 N–H and O–H groups in total. The van der Waals surface area contributed by atoms with Gasteiger partial charge in [0, 0.05) is 17.1 Å². The number of thioether (sulfide) groups is 1. The normalized spacial score (nSPS) is 13.9. The molecule has 2 heterocycles. The van der Waals surface area contributed by atoms with Gasteiger partial charge in [0.15, 0.2) is 5.16 Å². The van der Waals surface area contributed by atoms with Gasteiger partial charge in [0.2, 0.25) is 0 Å². The van der Waals surface area contributed by atoms with E-state index in [1.165, 1.54) is 18.2 Å². The number of imide groups is 1. The molecule has 1 aliphatic heterocycles. The molecular weight excluding hydrogens is 415 g/mol. The molecule has 1 aromatic heterocycles. The van der Waals surface area contributed by atoms with Crippen LogP contribution in [0.3, 0.4) is 0 Å². The maximum Gasteiger partial charge on any atom is 0.283 e. The lowest BCUT2D eigenvalue weighted by Crippen LogP contribution is -2.33. The SMILES string of the molecule is Cc1cc(C)nc(SC2=C(Nc3ccccc3C)C(=O)N(c3ccccc3F)C2=O)n1. The van der Waals surface area contributed by atoms with Gasteiger partial charge in [-0.2, -0.15) is 0 Å². The molecule has 2 amide bonds. The first-order chi connectivity index (χ1) is 14.8. The molecule has 8 heteroatoms. The van der Waals surface area contributed by atoms with Crippen LogP contribution < -0.4 is 10.2 Å². The van der Waals surface area contributed by atoms with Crippen molar-refractivity contribution in [3.63, 3.8) is 0 Å². The average molecular weight is 434 g/mol. The zero-order valence-electron chi connectivity index (χ0n) is 17.1. The zero-order valence-corrected chi connectivity index (χ0v) is 18.0. The number of carbonyl (C=O) groups excluding carboxylic acids is 2. The fraction of sp³-hybridized carbons (Fsp3) is 0.130. The van der Waals surface area contributed by atoms with E-state index >= 15 is 0 Å². The first kappa shape index (κ1) is 20.7. The van der Waals surface area contributed by atoms with Gasteiger partial charge >= 0.3 is 0 Å². The molecule has 0 spiro atoms. The first-order valence-corrected chi connectivity index (χ1v) is 10.4. The van der Waals surface area contributed by atoms with Gasteiger partial charge in [0.05, 0.1) is 5.69 Å². The van der Waals surface area contributed by atoms with Crippen LogP contribution >= 0.6 is 11.8 Å². The third kappa shape index (κ3) is 4.06. The van der Waals surface area contributed by atoms with E-state index in [0.717, 1.165) is 33.6 Å². The number of amides is 2. The number of hydrogen-bond donors (Lipinski definition) is 1. The van der Waals surface area contributed by atoms with E-state index in [4.69, 9.17) is 0 Å². The molecule has 3 aromatic rings. The van der Waals surface area contributed by atoms with Crippen LogP contribution in [-0.2, 0) is 9.59 Å². The summed E-state index contributed by atoms with van der Waals surface area (Å²) < 4.78 is 14.4. The molecule has 0 saturated carbocycles. The van der Waals surface area contributed by atoms with E-state index in [2.05, 4.69) is 15.3 Å². The topological polar surface area (TPSA) is 75.2 Å². The van der Waals surface area contributed by atoms with Crippen LogP contribution in [0, 0.1) is 26.6 Å². The quantitative estimate of drug-likeness (QED) is 0.470. The monoisotopic (exact) mass is 434 g/mol. The molecule has 4 rings (SSSR count). The third-order valence-corrected chi connectivity index (χ3v) is 5.64. The molecule has 0 fully saturated rings. The number of aryl methyl sites for hydroxylation is 3. The standard InChI is InChI=1S/C23H19FN4O2S/c1-13-8-4-6-10-17(13)27-19-20(31-23-25-14(2)12-15(3)26-23)22(30)28(21(19)29)18-11-7-5-9-16(18)24/h4-12,27H,1-3H3. The molecular formula is C23H19FN4O2S. The van der Waals surface area contributed by atoms with Crippen molar-refractivity contribution in [2.45, 2.75) is 25.9 Å². The Morgan fingerprint density at radius 2 is 1.55 bits per heavy atom. The number of carbonyl (C=O) groups is 2. The summed E-state index contributed by atoms with van der Waals surface area (Å²) in [5.41, 5.74) is 3.02. The fourth-order valence-corrected chi connectivity index (χ4v) is 4.23. The Hall–Kier alpha value is -3.52. The van der Waals surface area contributed by atoms with Gasteiger partial charge in [-0.3, -0.25) is 9.59 Å². The Balaban J connectivity index is 1.80. The number of nitrogens with zero attached hydrogens (tertiary/aromatic N) is 3. The van der Waals surface area contributed by atoms with E-state index in [0.29, 0.717) is 10.8 Å². The van der Waals surface area contributed by atoms with Crippen LogP contribution in [0.2, 0.25) is 0 Å². The molecule has 0 aliphatic carbocycles. The Bertz CT molecular complexity index is 1220. The van der Waals surface area contributed by atoms with Crippen molar-refractivity contribution < 1.29 is 14.0 Å². The molecule has 0 bridgehead atoms. The molecule has 1 aliphatic rings. The summed E-state index contributed by atoms with van der Waals surface area (Å²) in [6.45, 7) is 5.54. The number of anilines is 2. The summed E-state index contributed by atoms with van der Waals surface area (Å²) >= 11 is 0.989. The number of halogens is 1. The number of aromatic nitrogens is 2. The minimum Gasteiger partial charge on any atom is -0.350 e. The zero-order chi connectivity index (χ0) is 22.1. The Morgan fingerprint density at radius 3 is 2.23 bits per heavy atom. The van der Waals surface area contributed by atoms with Gasteiger partial charge in [-0.25, -0.2) is 19.3 Å². The van der Waals surface area contributed by atoms with E-state index in [-0.39, 0.29) is 16.3 Å². The van der Waals surface area contributed by atoms with Crippen LogP contribution in [-0.4, -0.2) is 21.8 Å². The molecule has 0 atom stereocenters. The van der Waals surface area contributed by atoms with Crippen LogP contribution in [0.5, 0.6) is 0 Å². The third-order valence-electron chi connectivity index (χ3n) is 4.69. The highest BCUT2D eigenvalue weighted by molar-refractivity contribution is 8.04. The van der Waals surface area contributed by atoms with Gasteiger partial charge in [-0.1, -0.05) is 30.3 Å². The summed E-state index contributed by atoms with van der Waals surface area (Å²) in [7, 11) is 0. The van der Waals surface area contributed by atoms with E-state index in [1.54, 1.807) is 12.1 Å². The molecule has 0 radical (unpaired) electrons. The number of para-hydroxylation sites is 2. The number of rotatable bonds is 5. The predicted molar refractivity (Wildman–Crippen MR) is 118 cm³/mol. The predicted octanol–water partition coefficient (Wildman–Crippen LogP) is 4.53. The van der Waals surface area contributed by atoms with Crippen LogP contribution in [0.4, 0.5) is 15.8 Å². The number of hydrogen-bond acceptors (Lipinski definition) is 6. The maximum atomic E-state index is 14.4. The van der Waals surface area contributed by atoms with Crippen molar-refractivity contribution in [2.75, 3.05) is 10.2 Å². The molecule has 156 valence electrons. The Labute approximate surface area is 183 Å². The van der Waals surface area contributed by atoms with Crippen molar-refractivity contribution in [1.82, 2.24) is 9.97 Å². The maximum absolute atomic E-state index is 14.4. The molecule has 2 aromatic carbocycles. The molecule has 6 nitrogen and oxygen atoms in total. The largest absolute Gasteiger partial charge is 0.350 e. The minimum atomic E-state index is -0.659. The van der Waals surface area contributed by atoms with Gasteiger partial charge in [-0.15, -0.1) is 0 Å². The fourth-order valence-electron chi connectivity index (χ4n) is 3.24. The molecule has 0 unspecified atom stereocenters. The first-order valence-electron chi connectivity index (χ1n) is 9.55. The Kier molecular flexibility index (Phi) is 5.56.